The summed E-state index contributed by atoms with van der Waals surface area (Å²) in [4.78, 5) is 43.4. The quantitative estimate of drug-likeness (QED) is 0.136. The predicted molar refractivity (Wildman–Crippen MR) is 117 cm³/mol. The number of rotatable bonds is 11. The molecule has 11 nitrogen and oxygen atoms in total. The number of guanidine groups is 1. The minimum Gasteiger partial charge on any atom is -0.480 e. The molecule has 0 saturated carbocycles. The molecule has 3 atom stereocenters. The number of nitrogens with zero attached hydrogens (tertiary/aromatic N) is 1. The van der Waals surface area contributed by atoms with Crippen LogP contribution in [0.3, 0.4) is 0 Å². The van der Waals surface area contributed by atoms with Crippen LogP contribution in [0.15, 0.2) is 35.5 Å². The summed E-state index contributed by atoms with van der Waals surface area (Å²) < 4.78 is 0. The minimum absolute atomic E-state index is 0.0407. The number of carbonyl (C=O) groups is 3. The lowest BCUT2D eigenvalue weighted by Crippen LogP contribution is -2.54. The van der Waals surface area contributed by atoms with Crippen LogP contribution < -0.4 is 27.8 Å². The zero-order valence-electron chi connectivity index (χ0n) is 17.3. The van der Waals surface area contributed by atoms with Crippen molar-refractivity contribution in [2.24, 2.45) is 22.2 Å². The molecular formula is C20H29N7O4. The van der Waals surface area contributed by atoms with Crippen molar-refractivity contribution in [3.8, 4) is 0 Å². The van der Waals surface area contributed by atoms with Gasteiger partial charge in [0.2, 0.25) is 11.8 Å². The first-order chi connectivity index (χ1) is 14.7. The van der Waals surface area contributed by atoms with Crippen LogP contribution in [0.4, 0.5) is 0 Å². The van der Waals surface area contributed by atoms with Gasteiger partial charge in [-0.15, -0.1) is 0 Å². The van der Waals surface area contributed by atoms with Gasteiger partial charge in [-0.05, 0) is 31.4 Å². The van der Waals surface area contributed by atoms with E-state index in [2.05, 4.69) is 20.6 Å². The molecule has 2 amide bonds. The van der Waals surface area contributed by atoms with Crippen LogP contribution in [0.1, 0.15) is 25.3 Å². The zero-order chi connectivity index (χ0) is 23.0. The summed E-state index contributed by atoms with van der Waals surface area (Å²) in [6, 6.07) is 4.56. The number of carbonyl (C=O) groups excluding carboxylic acids is 2. The first kappa shape index (κ1) is 23.7. The van der Waals surface area contributed by atoms with E-state index in [4.69, 9.17) is 22.3 Å². The standard InChI is InChI=1S/C20H29N7O4/c1-11(19(30)31)26-18(29)16(9-12-10-25-15-7-3-2-5-13(12)15)27-17(28)14(21)6-4-8-24-20(22)23/h2-3,5,7,10-11,14,16,25H,4,6,8-9,21H2,1H3,(H,26,29)(H,27,28)(H,30,31)(H4,22,23,24). The lowest BCUT2D eigenvalue weighted by Gasteiger charge is -2.22. The fourth-order valence-electron chi connectivity index (χ4n) is 3.03. The third-order valence-electron chi connectivity index (χ3n) is 4.77. The highest BCUT2D eigenvalue weighted by Gasteiger charge is 2.27. The second-order valence-corrected chi connectivity index (χ2v) is 7.25. The average molecular weight is 431 g/mol. The summed E-state index contributed by atoms with van der Waals surface area (Å²) in [5.41, 5.74) is 18.2. The van der Waals surface area contributed by atoms with E-state index >= 15 is 0 Å². The van der Waals surface area contributed by atoms with Crippen molar-refractivity contribution in [3.63, 3.8) is 0 Å². The van der Waals surface area contributed by atoms with E-state index in [0.717, 1.165) is 16.5 Å². The Morgan fingerprint density at radius 1 is 1.16 bits per heavy atom. The van der Waals surface area contributed by atoms with E-state index in [-0.39, 0.29) is 12.4 Å². The first-order valence-electron chi connectivity index (χ1n) is 9.88. The number of aromatic nitrogens is 1. The number of aliphatic imine (C=N–C) groups is 1. The third kappa shape index (κ3) is 7.00. The molecule has 3 unspecified atom stereocenters. The van der Waals surface area contributed by atoms with Crippen LogP contribution in [-0.2, 0) is 20.8 Å². The molecule has 2 rings (SSSR count). The number of fused-ring (bicyclic) bond motifs is 1. The van der Waals surface area contributed by atoms with E-state index in [9.17, 15) is 14.4 Å². The number of hydrogen-bond donors (Lipinski definition) is 7. The van der Waals surface area contributed by atoms with Crippen molar-refractivity contribution in [1.82, 2.24) is 15.6 Å². The van der Waals surface area contributed by atoms with Crippen LogP contribution >= 0.6 is 0 Å². The Kier molecular flexibility index (Phi) is 8.38. The predicted octanol–water partition coefficient (Wildman–Crippen LogP) is -0.835. The van der Waals surface area contributed by atoms with Crippen LogP contribution in [0, 0.1) is 0 Å². The van der Waals surface area contributed by atoms with Crippen LogP contribution in [-0.4, -0.2) is 58.5 Å². The Morgan fingerprint density at radius 3 is 2.55 bits per heavy atom. The highest BCUT2D eigenvalue weighted by Crippen LogP contribution is 2.19. The summed E-state index contributed by atoms with van der Waals surface area (Å²) in [5, 5.41) is 15.0. The maximum atomic E-state index is 12.7. The summed E-state index contributed by atoms with van der Waals surface area (Å²) in [7, 11) is 0. The molecule has 1 heterocycles. The van der Waals surface area contributed by atoms with Crippen LogP contribution in [0.5, 0.6) is 0 Å². The Labute approximate surface area is 179 Å². The van der Waals surface area contributed by atoms with Gasteiger partial charge in [-0.3, -0.25) is 19.4 Å². The molecule has 0 aliphatic carbocycles. The molecule has 0 aliphatic rings. The summed E-state index contributed by atoms with van der Waals surface area (Å²) in [5.74, 6) is -2.35. The molecule has 0 bridgehead atoms. The van der Waals surface area contributed by atoms with E-state index < -0.39 is 35.9 Å². The molecule has 0 spiro atoms. The van der Waals surface area contributed by atoms with Gasteiger partial charge in [0.25, 0.3) is 0 Å². The summed E-state index contributed by atoms with van der Waals surface area (Å²) in [6.07, 6.45) is 2.72. The second kappa shape index (κ2) is 11.0. The average Bonchev–Trinajstić information content (AvgIpc) is 3.13. The monoisotopic (exact) mass is 431 g/mol. The Balaban J connectivity index is 2.11. The van der Waals surface area contributed by atoms with E-state index in [0.29, 0.717) is 19.4 Å². The Bertz CT molecular complexity index is 952. The first-order valence-corrected chi connectivity index (χ1v) is 9.88. The molecule has 11 heteroatoms. The number of H-pyrrole nitrogens is 1. The number of benzene rings is 1. The van der Waals surface area contributed by atoms with Gasteiger partial charge in [-0.1, -0.05) is 18.2 Å². The van der Waals surface area contributed by atoms with Crippen LogP contribution in [0.2, 0.25) is 0 Å². The molecule has 168 valence electrons. The molecular weight excluding hydrogens is 402 g/mol. The lowest BCUT2D eigenvalue weighted by molar-refractivity contribution is -0.141. The van der Waals surface area contributed by atoms with Crippen LogP contribution in [0.25, 0.3) is 10.9 Å². The number of nitrogens with one attached hydrogen (secondary N) is 3. The van der Waals surface area contributed by atoms with Gasteiger partial charge in [0.05, 0.1) is 6.04 Å². The molecule has 1 aromatic heterocycles. The summed E-state index contributed by atoms with van der Waals surface area (Å²) in [6.45, 7) is 1.68. The van der Waals surface area contributed by atoms with Crippen molar-refractivity contribution in [2.45, 2.75) is 44.3 Å². The lowest BCUT2D eigenvalue weighted by atomic mass is 10.0. The summed E-state index contributed by atoms with van der Waals surface area (Å²) >= 11 is 0. The smallest absolute Gasteiger partial charge is 0.325 e. The van der Waals surface area contributed by atoms with Gasteiger partial charge in [0.1, 0.15) is 12.1 Å². The van der Waals surface area contributed by atoms with Gasteiger partial charge in [-0.25, -0.2) is 0 Å². The van der Waals surface area contributed by atoms with Gasteiger partial charge in [0, 0.05) is 30.1 Å². The Morgan fingerprint density at radius 2 is 1.87 bits per heavy atom. The highest BCUT2D eigenvalue weighted by molar-refractivity contribution is 5.92. The maximum absolute atomic E-state index is 12.7. The van der Waals surface area contributed by atoms with E-state index in [1.807, 2.05) is 24.3 Å². The third-order valence-corrected chi connectivity index (χ3v) is 4.77. The second-order valence-electron chi connectivity index (χ2n) is 7.25. The molecule has 31 heavy (non-hydrogen) atoms. The molecule has 0 fully saturated rings. The molecule has 0 aliphatic heterocycles. The van der Waals surface area contributed by atoms with Crippen molar-refractivity contribution in [1.29, 1.82) is 0 Å². The molecule has 0 radical (unpaired) electrons. The number of hydrogen-bond acceptors (Lipinski definition) is 5. The van der Waals surface area contributed by atoms with Crippen molar-refractivity contribution < 1.29 is 19.5 Å². The minimum atomic E-state index is -1.18. The molecule has 0 saturated heterocycles. The molecule has 2 aromatic rings. The number of aliphatic carboxylic acids is 1. The van der Waals surface area contributed by atoms with E-state index in [1.54, 1.807) is 6.20 Å². The van der Waals surface area contributed by atoms with Gasteiger partial charge < -0.3 is 37.9 Å². The fourth-order valence-corrected chi connectivity index (χ4v) is 3.03. The number of aromatic amines is 1. The topological polar surface area (TPSA) is 202 Å². The van der Waals surface area contributed by atoms with Gasteiger partial charge in [0.15, 0.2) is 5.96 Å². The van der Waals surface area contributed by atoms with E-state index in [1.165, 1.54) is 6.92 Å². The normalized spacial score (nSPS) is 13.7. The number of amides is 2. The number of nitrogens with two attached hydrogens (primary N) is 3. The SMILES string of the molecule is CC(NC(=O)C(Cc1c[nH]c2ccccc12)NC(=O)C(N)CCCN=C(N)N)C(=O)O. The molecule has 10 N–H and O–H groups in total. The van der Waals surface area contributed by atoms with Gasteiger partial charge >= 0.3 is 5.97 Å². The number of para-hydroxylation sites is 1. The zero-order valence-corrected chi connectivity index (χ0v) is 17.3. The largest absolute Gasteiger partial charge is 0.480 e. The maximum Gasteiger partial charge on any atom is 0.325 e. The highest BCUT2D eigenvalue weighted by atomic mass is 16.4. The number of carboxylic acids is 1. The molecule has 1 aromatic carbocycles. The van der Waals surface area contributed by atoms with Crippen molar-refractivity contribution >= 4 is 34.6 Å². The van der Waals surface area contributed by atoms with Gasteiger partial charge in [-0.2, -0.15) is 0 Å². The number of carboxylic acid groups (broad SMARTS) is 1. The Hall–Kier alpha value is -3.60. The van der Waals surface area contributed by atoms with Crippen molar-refractivity contribution in [2.75, 3.05) is 6.54 Å². The van der Waals surface area contributed by atoms with Crippen molar-refractivity contribution in [3.05, 3.63) is 36.0 Å². The fraction of sp³-hybridized carbons (Fsp3) is 0.400.